The Hall–Kier alpha value is -9.73. The van der Waals surface area contributed by atoms with E-state index < -0.39 is 196 Å². The highest BCUT2D eigenvalue weighted by Gasteiger charge is 2.41. The van der Waals surface area contributed by atoms with Crippen LogP contribution in [0, 0.1) is 5.41 Å². The maximum Gasteiger partial charge on any atom is 0.326 e. The van der Waals surface area contributed by atoms with Crippen LogP contribution >= 0.6 is 25.3 Å². The Morgan fingerprint density at radius 2 is 0.773 bits per heavy atom. The number of guanidine groups is 1. The van der Waals surface area contributed by atoms with Crippen LogP contribution in [0.15, 0.2) is 48.5 Å². The number of carboxylic acids is 1. The average molecular weight is 1590 g/mol. The zero-order chi connectivity index (χ0) is 83.1. The first kappa shape index (κ1) is 96.3. The molecule has 0 fully saturated rings. The number of amides is 13. The number of carbonyl (C=O) groups is 14. The number of hydrogen-bond donors (Lipinski definition) is 29. The molecule has 110 heavy (non-hydrogen) atoms. The zero-order valence-corrected chi connectivity index (χ0v) is 63.7. The van der Waals surface area contributed by atoms with Crippen molar-refractivity contribution < 1.29 is 92.7 Å². The fourth-order valence-electron chi connectivity index (χ4n) is 10.6. The van der Waals surface area contributed by atoms with E-state index >= 15 is 0 Å². The summed E-state index contributed by atoms with van der Waals surface area (Å²) < 4.78 is -1.48. The van der Waals surface area contributed by atoms with Crippen molar-refractivity contribution in [2.45, 2.75) is 207 Å². The molecule has 41 nitrogen and oxygen atoms in total. The number of phenols is 2. The molecule has 35 N–H and O–H groups in total. The Balaban J connectivity index is 2.42. The molecule has 2 rings (SSSR count). The van der Waals surface area contributed by atoms with Crippen LogP contribution in [0.1, 0.15) is 109 Å². The van der Waals surface area contributed by atoms with Crippen LogP contribution in [0.4, 0.5) is 0 Å². The number of benzene rings is 2. The molecule has 616 valence electrons. The van der Waals surface area contributed by atoms with Crippen LogP contribution in [0.25, 0.3) is 0 Å². The van der Waals surface area contributed by atoms with Gasteiger partial charge in [-0.25, -0.2) is 4.79 Å². The molecular weight excluding hydrogens is 1480 g/mol. The second-order valence-corrected chi connectivity index (χ2v) is 28.1. The molecule has 0 aromatic heterocycles. The van der Waals surface area contributed by atoms with Crippen LogP contribution in [0.2, 0.25) is 0 Å². The van der Waals surface area contributed by atoms with Gasteiger partial charge in [0.25, 0.3) is 0 Å². The highest BCUT2D eigenvalue weighted by Crippen LogP contribution is 2.20. The van der Waals surface area contributed by atoms with Crippen LogP contribution < -0.4 is 115 Å². The first-order valence-electron chi connectivity index (χ1n) is 35.5. The van der Waals surface area contributed by atoms with Gasteiger partial charge in [-0.2, -0.15) is 25.3 Å². The third-order valence-electron chi connectivity index (χ3n) is 16.8. The molecule has 0 saturated carbocycles. The Morgan fingerprint density at radius 1 is 0.427 bits per heavy atom. The smallest absolute Gasteiger partial charge is 0.326 e. The average Bonchev–Trinajstić information content (AvgIpc) is 0.765. The van der Waals surface area contributed by atoms with Crippen molar-refractivity contribution in [1.82, 2.24) is 69.1 Å². The van der Waals surface area contributed by atoms with Gasteiger partial charge < -0.3 is 141 Å². The fourth-order valence-corrected chi connectivity index (χ4v) is 11.1. The van der Waals surface area contributed by atoms with E-state index in [0.29, 0.717) is 24.0 Å². The van der Waals surface area contributed by atoms with E-state index in [1.807, 2.05) is 0 Å². The van der Waals surface area contributed by atoms with Gasteiger partial charge in [0.2, 0.25) is 76.8 Å². The summed E-state index contributed by atoms with van der Waals surface area (Å²) in [7, 11) is 0. The van der Waals surface area contributed by atoms with Crippen molar-refractivity contribution in [2.24, 2.45) is 45.9 Å². The molecule has 2 aromatic carbocycles. The highest BCUT2D eigenvalue weighted by atomic mass is 32.1. The number of aromatic hydroxyl groups is 2. The van der Waals surface area contributed by atoms with Gasteiger partial charge >= 0.3 is 5.97 Å². The summed E-state index contributed by atoms with van der Waals surface area (Å²) in [5, 5.41) is 90.2. The van der Waals surface area contributed by atoms with E-state index in [1.165, 1.54) is 62.4 Å². The summed E-state index contributed by atoms with van der Waals surface area (Å²) in [6, 6.07) is -9.70. The molecule has 0 heterocycles. The van der Waals surface area contributed by atoms with Crippen molar-refractivity contribution in [3.05, 3.63) is 59.7 Å². The van der Waals surface area contributed by atoms with Gasteiger partial charge in [-0.3, -0.25) is 67.7 Å². The van der Waals surface area contributed by atoms with E-state index in [2.05, 4.69) is 94.4 Å². The molecule has 15 atom stereocenters. The monoisotopic (exact) mass is 1590 g/mol. The SMILES string of the molecule is C[C@@H](O)[C@H](NC(=O)[C@H](CCN)NC(=O)[C@H](CS)NC(=O)[C@H](CCCCN)NC(=O)[C@@H](CCN)NC(=O)[C@@H](NC(=O)[C@H](CCN)NC(=O)[C@H](CCCNC(=N)N)NC(=O)[C@H](CC(N)=O)NC(=O)[C@@H](NC(=O)[C@H](Cc1ccc(O)cc1)NC(=O)[C@@H](N)CCCN)C(C)(C)S)[C@@H](C)O)C(=O)N[C@@H](Cc1ccc(O)cc1)C(=O)O. The quantitative estimate of drug-likeness (QED) is 0.0127. The Morgan fingerprint density at radius 3 is 1.15 bits per heavy atom. The molecule has 0 saturated heterocycles. The molecule has 13 amide bonds. The second kappa shape index (κ2) is 49.4. The van der Waals surface area contributed by atoms with E-state index in [0.717, 1.165) is 13.8 Å². The lowest BCUT2D eigenvalue weighted by Crippen LogP contribution is -2.63. The van der Waals surface area contributed by atoms with Gasteiger partial charge in [0.1, 0.15) is 84.0 Å². The third-order valence-corrected chi connectivity index (χ3v) is 17.4. The molecule has 0 bridgehead atoms. The number of carbonyl (C=O) groups excluding carboxylic acids is 13. The van der Waals surface area contributed by atoms with Crippen molar-refractivity contribution in [3.63, 3.8) is 0 Å². The van der Waals surface area contributed by atoms with Crippen molar-refractivity contribution >= 4 is 114 Å². The lowest BCUT2D eigenvalue weighted by molar-refractivity contribution is -0.143. The predicted molar refractivity (Wildman–Crippen MR) is 408 cm³/mol. The van der Waals surface area contributed by atoms with Crippen LogP contribution in [0.3, 0.4) is 0 Å². The summed E-state index contributed by atoms with van der Waals surface area (Å²) in [6.07, 6.45) is -5.08. The third kappa shape index (κ3) is 34.9. The molecule has 43 heteroatoms. The first-order chi connectivity index (χ1) is 51.7. The van der Waals surface area contributed by atoms with Gasteiger partial charge in [0, 0.05) is 29.9 Å². The summed E-state index contributed by atoms with van der Waals surface area (Å²) >= 11 is 8.77. The number of rotatable bonds is 52. The minimum Gasteiger partial charge on any atom is -0.508 e. The standard InChI is InChI=1S/C67H112N22O19S2/c1-33(90)50(62(104)82-42(20-25-70)56(98)78-40(10-5-6-23-68)55(97)86-48(32-109)61(103)81-44(22-27-72)58(100)88-51(34(2)91)63(105)85-47(65(107)108)30-36-14-18-38(93)19-15-36)87-57(99)43(21-26-71)80-54(96)41(11-8-28-77-66(75)76)79-59(101)46(31-49(74)94)84-64(106)52(67(3,4)110)89-60(102)45(29-35-12-16-37(92)17-13-35)83-53(95)39(73)9-7-24-69/h12-19,33-34,39-48,50-52,90-93,109-110H,5-11,20-32,68-73H2,1-4H3,(H2,74,94)(H,78,98)(H,79,101)(H,80,96)(H,81,103)(H,82,104)(H,83,95)(H,84,106)(H,85,105)(H,86,97)(H,87,99)(H,88,100)(H,89,102)(H,107,108)(H4,75,76,77)/t33-,34-,39+,40+,41+,42-,43+,44+,45+,46+,47+,48+,50+,51+,52-/m1/s1. The number of carboxylic acid groups (broad SMARTS) is 1. The Bertz CT molecular complexity index is 3400. The van der Waals surface area contributed by atoms with E-state index in [1.54, 1.807) is 0 Å². The van der Waals surface area contributed by atoms with Crippen molar-refractivity contribution in [3.8, 4) is 11.5 Å². The largest absolute Gasteiger partial charge is 0.508 e. The normalized spacial score (nSPS) is 15.4. The number of hydrogen-bond acceptors (Lipinski definition) is 27. The van der Waals surface area contributed by atoms with Gasteiger partial charge in [-0.15, -0.1) is 0 Å². The minimum absolute atomic E-state index is 0.0295. The molecule has 0 aliphatic rings. The summed E-state index contributed by atoms with van der Waals surface area (Å²) in [4.78, 5) is 193. The summed E-state index contributed by atoms with van der Waals surface area (Å²) in [5.41, 5.74) is 46.9. The van der Waals surface area contributed by atoms with Crippen molar-refractivity contribution in [2.75, 3.05) is 45.0 Å². The predicted octanol–water partition coefficient (Wildman–Crippen LogP) is -9.43. The van der Waals surface area contributed by atoms with E-state index in [9.17, 15) is 92.7 Å². The molecular formula is C67H112N22O19S2. The number of primary amides is 1. The second-order valence-electron chi connectivity index (χ2n) is 26.6. The van der Waals surface area contributed by atoms with Crippen LogP contribution in [0.5, 0.6) is 11.5 Å². The maximum atomic E-state index is 14.4. The van der Waals surface area contributed by atoms with Gasteiger partial charge in [0.05, 0.1) is 24.7 Å². The lowest BCUT2D eigenvalue weighted by Gasteiger charge is -2.32. The Labute approximate surface area is 647 Å². The van der Waals surface area contributed by atoms with E-state index in [-0.39, 0.29) is 115 Å². The van der Waals surface area contributed by atoms with E-state index in [4.69, 9.17) is 51.3 Å². The number of nitrogens with two attached hydrogens (primary N) is 8. The first-order valence-corrected chi connectivity index (χ1v) is 36.6. The van der Waals surface area contributed by atoms with Crippen molar-refractivity contribution in [1.29, 1.82) is 5.41 Å². The number of phenolic OH excluding ortho intramolecular Hbond substituents is 2. The van der Waals surface area contributed by atoms with Crippen LogP contribution in [-0.4, -0.2) is 255 Å². The van der Waals surface area contributed by atoms with Crippen LogP contribution in [-0.2, 0) is 80.0 Å². The van der Waals surface area contributed by atoms with Gasteiger partial charge in [-0.05, 0) is 160 Å². The topological polar surface area (TPSA) is 729 Å². The number of nitrogens with one attached hydrogen (secondary N) is 14. The number of unbranched alkanes of at least 4 members (excludes halogenated alkanes) is 1. The maximum absolute atomic E-state index is 14.4. The molecule has 2 aromatic rings. The number of aliphatic carboxylic acids is 1. The molecule has 0 aliphatic carbocycles. The highest BCUT2D eigenvalue weighted by molar-refractivity contribution is 7.81. The summed E-state index contributed by atoms with van der Waals surface area (Å²) in [5.74, 6) is -16.3. The number of aliphatic hydroxyl groups is 2. The van der Waals surface area contributed by atoms with Gasteiger partial charge in [0.15, 0.2) is 5.96 Å². The molecule has 0 spiro atoms. The number of aliphatic hydroxyl groups excluding tert-OH is 2. The van der Waals surface area contributed by atoms with Gasteiger partial charge in [-0.1, -0.05) is 24.3 Å². The molecule has 0 unspecified atom stereocenters. The fraction of sp³-hybridized carbons (Fsp3) is 0.597. The molecule has 0 aliphatic heterocycles. The Kier molecular flexibility index (Phi) is 43.3. The minimum atomic E-state index is -1.92. The zero-order valence-electron chi connectivity index (χ0n) is 61.9. The lowest BCUT2D eigenvalue weighted by atomic mass is 9.99. The summed E-state index contributed by atoms with van der Waals surface area (Å²) in [6.45, 7) is 4.55. The number of thiol groups is 2. The molecule has 0 radical (unpaired) electrons.